The molecule has 22 heavy (non-hydrogen) atoms. The van der Waals surface area contributed by atoms with Crippen molar-refractivity contribution in [2.24, 2.45) is 11.7 Å². The lowest BCUT2D eigenvalue weighted by Crippen LogP contribution is -2.47. The monoisotopic (exact) mass is 311 g/mol. The minimum absolute atomic E-state index is 0.0249. The first-order valence-electron chi connectivity index (χ1n) is 8.27. The predicted molar refractivity (Wildman–Crippen MR) is 84.3 cm³/mol. The van der Waals surface area contributed by atoms with E-state index in [1.165, 1.54) is 0 Å². The quantitative estimate of drug-likeness (QED) is 0.855. The minimum Gasteiger partial charge on any atom is -0.444 e. The van der Waals surface area contributed by atoms with Crippen LogP contribution >= 0.6 is 0 Å². The van der Waals surface area contributed by atoms with E-state index >= 15 is 0 Å². The Hall–Kier alpha value is -1.30. The molecule has 126 valence electrons. The maximum atomic E-state index is 12.2. The zero-order valence-corrected chi connectivity index (χ0v) is 14.0. The molecule has 1 unspecified atom stereocenters. The standard InChI is InChI=1S/C16H29N3O3/c1-16(2,3)22-15(21)18-8-4-5-12(10-18)11-19(13-6-7-13)14(20)9-17/h12-13H,4-11,17H2,1-3H3. The van der Waals surface area contributed by atoms with Gasteiger partial charge in [-0.1, -0.05) is 0 Å². The van der Waals surface area contributed by atoms with Gasteiger partial charge in [0.1, 0.15) is 5.60 Å². The molecule has 6 nitrogen and oxygen atoms in total. The molecular formula is C16H29N3O3. The van der Waals surface area contributed by atoms with Crippen LogP contribution in [0.5, 0.6) is 0 Å². The van der Waals surface area contributed by atoms with Crippen LogP contribution < -0.4 is 5.73 Å². The van der Waals surface area contributed by atoms with Gasteiger partial charge in [-0.05, 0) is 52.4 Å². The summed E-state index contributed by atoms with van der Waals surface area (Å²) in [7, 11) is 0. The van der Waals surface area contributed by atoms with Crippen molar-refractivity contribution < 1.29 is 14.3 Å². The third-order valence-electron chi connectivity index (χ3n) is 4.11. The van der Waals surface area contributed by atoms with E-state index in [0.29, 0.717) is 25.0 Å². The maximum absolute atomic E-state index is 12.2. The largest absolute Gasteiger partial charge is 0.444 e. The Morgan fingerprint density at radius 3 is 2.50 bits per heavy atom. The molecular weight excluding hydrogens is 282 g/mol. The second kappa shape index (κ2) is 6.86. The molecule has 2 fully saturated rings. The van der Waals surface area contributed by atoms with E-state index < -0.39 is 5.60 Å². The summed E-state index contributed by atoms with van der Waals surface area (Å²) < 4.78 is 5.45. The molecule has 0 aromatic rings. The number of hydrogen-bond acceptors (Lipinski definition) is 4. The molecule has 0 aromatic heterocycles. The molecule has 2 aliphatic rings. The fourth-order valence-corrected chi connectivity index (χ4v) is 2.94. The zero-order valence-electron chi connectivity index (χ0n) is 14.0. The normalized spacial score (nSPS) is 22.4. The summed E-state index contributed by atoms with van der Waals surface area (Å²) in [6.07, 6.45) is 3.91. The minimum atomic E-state index is -0.473. The highest BCUT2D eigenvalue weighted by atomic mass is 16.6. The lowest BCUT2D eigenvalue weighted by Gasteiger charge is -2.36. The van der Waals surface area contributed by atoms with Crippen molar-refractivity contribution in [2.75, 3.05) is 26.2 Å². The number of carbonyl (C=O) groups excluding carboxylic acids is 2. The van der Waals surface area contributed by atoms with Crippen LogP contribution in [0.2, 0.25) is 0 Å². The van der Waals surface area contributed by atoms with Crippen LogP contribution in [0.3, 0.4) is 0 Å². The van der Waals surface area contributed by atoms with Gasteiger partial charge in [0, 0.05) is 25.7 Å². The molecule has 1 atom stereocenters. The lowest BCUT2D eigenvalue weighted by molar-refractivity contribution is -0.131. The van der Waals surface area contributed by atoms with Gasteiger partial charge in [-0.25, -0.2) is 4.79 Å². The summed E-state index contributed by atoms with van der Waals surface area (Å²) in [6, 6.07) is 0.368. The van der Waals surface area contributed by atoms with Crippen molar-refractivity contribution >= 4 is 12.0 Å². The zero-order chi connectivity index (χ0) is 16.3. The van der Waals surface area contributed by atoms with Gasteiger partial charge in [0.25, 0.3) is 0 Å². The summed E-state index contributed by atoms with van der Waals surface area (Å²) in [6.45, 7) is 7.80. The van der Waals surface area contributed by atoms with Gasteiger partial charge in [0.2, 0.25) is 5.91 Å². The Labute approximate surface area is 132 Å². The molecule has 2 N–H and O–H groups in total. The number of nitrogens with zero attached hydrogens (tertiary/aromatic N) is 2. The highest BCUT2D eigenvalue weighted by Crippen LogP contribution is 2.29. The van der Waals surface area contributed by atoms with Gasteiger partial charge in [-0.15, -0.1) is 0 Å². The van der Waals surface area contributed by atoms with Gasteiger partial charge in [0.05, 0.1) is 6.54 Å². The molecule has 0 radical (unpaired) electrons. The van der Waals surface area contributed by atoms with Gasteiger partial charge in [0.15, 0.2) is 0 Å². The van der Waals surface area contributed by atoms with Gasteiger partial charge in [-0.3, -0.25) is 4.79 Å². The Kier molecular flexibility index (Phi) is 5.32. The van der Waals surface area contributed by atoms with Crippen LogP contribution in [-0.2, 0) is 9.53 Å². The van der Waals surface area contributed by atoms with Gasteiger partial charge < -0.3 is 20.3 Å². The molecule has 1 heterocycles. The molecule has 0 spiro atoms. The summed E-state index contributed by atoms with van der Waals surface area (Å²) in [5, 5.41) is 0. The predicted octanol–water partition coefficient (Wildman–Crippen LogP) is 1.58. The van der Waals surface area contributed by atoms with E-state index in [0.717, 1.165) is 32.2 Å². The Morgan fingerprint density at radius 1 is 1.27 bits per heavy atom. The average molecular weight is 311 g/mol. The van der Waals surface area contributed by atoms with Crippen molar-refractivity contribution in [2.45, 2.75) is 58.1 Å². The number of piperidine rings is 1. The molecule has 0 bridgehead atoms. The van der Waals surface area contributed by atoms with Crippen molar-refractivity contribution in [3.63, 3.8) is 0 Å². The Bertz CT molecular complexity index is 415. The molecule has 2 rings (SSSR count). The topological polar surface area (TPSA) is 75.9 Å². The molecule has 0 aromatic carbocycles. The number of likely N-dealkylation sites (tertiary alicyclic amines) is 1. The second-order valence-electron chi connectivity index (χ2n) is 7.42. The van der Waals surface area contributed by atoms with Crippen molar-refractivity contribution in [3.8, 4) is 0 Å². The van der Waals surface area contributed by atoms with E-state index in [-0.39, 0.29) is 18.5 Å². The summed E-state index contributed by atoms with van der Waals surface area (Å²) in [5.74, 6) is 0.342. The number of ether oxygens (including phenoxy) is 1. The van der Waals surface area contributed by atoms with E-state index in [2.05, 4.69) is 0 Å². The third-order valence-corrected chi connectivity index (χ3v) is 4.11. The number of hydrogen-bond donors (Lipinski definition) is 1. The van der Waals surface area contributed by atoms with E-state index in [1.54, 1.807) is 4.90 Å². The summed E-state index contributed by atoms with van der Waals surface area (Å²) in [4.78, 5) is 27.8. The molecule has 1 aliphatic heterocycles. The molecule has 1 saturated carbocycles. The first-order chi connectivity index (χ1) is 10.3. The Morgan fingerprint density at radius 2 is 1.95 bits per heavy atom. The number of amides is 2. The highest BCUT2D eigenvalue weighted by molar-refractivity contribution is 5.78. The fraction of sp³-hybridized carbons (Fsp3) is 0.875. The van der Waals surface area contributed by atoms with Crippen LogP contribution in [0.1, 0.15) is 46.5 Å². The summed E-state index contributed by atoms with van der Waals surface area (Å²) in [5.41, 5.74) is 5.04. The number of carbonyl (C=O) groups is 2. The third kappa shape index (κ3) is 4.87. The number of nitrogens with two attached hydrogens (primary N) is 1. The van der Waals surface area contributed by atoms with Crippen LogP contribution in [0.25, 0.3) is 0 Å². The van der Waals surface area contributed by atoms with Crippen LogP contribution in [0.4, 0.5) is 4.79 Å². The fourth-order valence-electron chi connectivity index (χ4n) is 2.94. The molecule has 1 saturated heterocycles. The van der Waals surface area contributed by atoms with E-state index in [9.17, 15) is 9.59 Å². The van der Waals surface area contributed by atoms with E-state index in [4.69, 9.17) is 10.5 Å². The van der Waals surface area contributed by atoms with Crippen LogP contribution in [-0.4, -0.2) is 59.6 Å². The van der Waals surface area contributed by atoms with Crippen LogP contribution in [0, 0.1) is 5.92 Å². The molecule has 2 amide bonds. The summed E-state index contributed by atoms with van der Waals surface area (Å²) >= 11 is 0. The van der Waals surface area contributed by atoms with Crippen molar-refractivity contribution in [1.29, 1.82) is 0 Å². The van der Waals surface area contributed by atoms with Crippen molar-refractivity contribution in [3.05, 3.63) is 0 Å². The first kappa shape index (κ1) is 17.1. The smallest absolute Gasteiger partial charge is 0.410 e. The SMILES string of the molecule is CC(C)(C)OC(=O)N1CCCC(CN(C(=O)CN)C2CC2)C1. The van der Waals surface area contributed by atoms with Gasteiger partial charge in [-0.2, -0.15) is 0 Å². The lowest BCUT2D eigenvalue weighted by atomic mass is 9.97. The second-order valence-corrected chi connectivity index (χ2v) is 7.42. The average Bonchev–Trinajstić information content (AvgIpc) is 3.27. The highest BCUT2D eigenvalue weighted by Gasteiger charge is 2.35. The molecule has 6 heteroatoms. The van der Waals surface area contributed by atoms with E-state index in [1.807, 2.05) is 25.7 Å². The first-order valence-corrected chi connectivity index (χ1v) is 8.27. The van der Waals surface area contributed by atoms with Crippen LogP contribution in [0.15, 0.2) is 0 Å². The Balaban J connectivity index is 1.89. The maximum Gasteiger partial charge on any atom is 0.410 e. The van der Waals surface area contributed by atoms with Crippen molar-refractivity contribution in [1.82, 2.24) is 9.80 Å². The van der Waals surface area contributed by atoms with Gasteiger partial charge >= 0.3 is 6.09 Å². The number of rotatable bonds is 4. The molecule has 1 aliphatic carbocycles.